The zero-order valence-electron chi connectivity index (χ0n) is 11.7. The Kier molecular flexibility index (Phi) is 6.50. The van der Waals surface area contributed by atoms with Gasteiger partial charge in [-0.25, -0.2) is 4.79 Å². The third kappa shape index (κ3) is 5.39. The molecule has 0 aromatic heterocycles. The summed E-state index contributed by atoms with van der Waals surface area (Å²) in [6.07, 6.45) is 0.924. The van der Waals surface area contributed by atoms with Crippen LogP contribution >= 0.6 is 11.6 Å². The number of hydrogen-bond donors (Lipinski definition) is 2. The molecule has 5 heteroatoms. The molecule has 106 valence electrons. The Labute approximate surface area is 119 Å². The molecular weight excluding hydrogens is 264 g/mol. The molecule has 0 aliphatic carbocycles. The molecule has 0 saturated carbocycles. The van der Waals surface area contributed by atoms with Gasteiger partial charge in [-0.2, -0.15) is 0 Å². The molecule has 0 saturated heterocycles. The van der Waals surface area contributed by atoms with E-state index in [-0.39, 0.29) is 6.03 Å². The Morgan fingerprint density at radius 3 is 2.37 bits per heavy atom. The minimum Gasteiger partial charge on any atom is -0.492 e. The van der Waals surface area contributed by atoms with E-state index in [0.29, 0.717) is 19.7 Å². The number of rotatable bonds is 6. The van der Waals surface area contributed by atoms with Gasteiger partial charge < -0.3 is 15.4 Å². The highest BCUT2D eigenvalue weighted by molar-refractivity contribution is 6.32. The number of ether oxygens (including phenoxy) is 1. The first-order valence-electron chi connectivity index (χ1n) is 6.45. The van der Waals surface area contributed by atoms with E-state index in [9.17, 15) is 4.79 Å². The predicted octanol–water partition coefficient (Wildman–Crippen LogP) is 3.04. The van der Waals surface area contributed by atoms with Gasteiger partial charge in [0.15, 0.2) is 0 Å². The lowest BCUT2D eigenvalue weighted by Crippen LogP contribution is -2.37. The Morgan fingerprint density at radius 1 is 1.21 bits per heavy atom. The molecule has 2 N–H and O–H groups in total. The number of amides is 2. The summed E-state index contributed by atoms with van der Waals surface area (Å²) in [5.41, 5.74) is 1.98. The largest absolute Gasteiger partial charge is 0.492 e. The number of benzene rings is 1. The lowest BCUT2D eigenvalue weighted by atomic mass is 10.1. The second-order valence-electron chi connectivity index (χ2n) is 4.40. The standard InChI is InChI=1S/C14H21ClN2O2/c1-4-5-16-14(18)17-6-7-19-12-8-10(2)13(15)11(3)9-12/h8-9H,4-7H2,1-3H3,(H2,16,17,18). The summed E-state index contributed by atoms with van der Waals surface area (Å²) in [5, 5.41) is 6.23. The van der Waals surface area contributed by atoms with Crippen molar-refractivity contribution in [1.82, 2.24) is 10.6 Å². The van der Waals surface area contributed by atoms with Gasteiger partial charge in [0, 0.05) is 11.6 Å². The fourth-order valence-corrected chi connectivity index (χ4v) is 1.73. The Morgan fingerprint density at radius 2 is 1.79 bits per heavy atom. The van der Waals surface area contributed by atoms with E-state index in [0.717, 1.165) is 28.3 Å². The van der Waals surface area contributed by atoms with Crippen molar-refractivity contribution in [2.24, 2.45) is 0 Å². The minimum atomic E-state index is -0.158. The van der Waals surface area contributed by atoms with E-state index >= 15 is 0 Å². The molecule has 0 aliphatic rings. The lowest BCUT2D eigenvalue weighted by molar-refractivity contribution is 0.236. The monoisotopic (exact) mass is 284 g/mol. The molecule has 1 aromatic carbocycles. The van der Waals surface area contributed by atoms with E-state index in [1.807, 2.05) is 32.9 Å². The van der Waals surface area contributed by atoms with Crippen molar-refractivity contribution in [1.29, 1.82) is 0 Å². The summed E-state index contributed by atoms with van der Waals surface area (Å²) in [4.78, 5) is 11.3. The van der Waals surface area contributed by atoms with E-state index in [1.54, 1.807) is 0 Å². The van der Waals surface area contributed by atoms with Crippen LogP contribution in [0.1, 0.15) is 24.5 Å². The van der Waals surface area contributed by atoms with Gasteiger partial charge in [0.05, 0.1) is 6.54 Å². The maximum absolute atomic E-state index is 11.3. The molecule has 0 aliphatic heterocycles. The quantitative estimate of drug-likeness (QED) is 0.789. The first-order chi connectivity index (χ1) is 9.04. The Bertz CT molecular complexity index is 412. The molecule has 0 atom stereocenters. The highest BCUT2D eigenvalue weighted by Crippen LogP contribution is 2.25. The van der Waals surface area contributed by atoms with Gasteiger partial charge in [-0.1, -0.05) is 18.5 Å². The average molecular weight is 285 g/mol. The minimum absolute atomic E-state index is 0.158. The van der Waals surface area contributed by atoms with E-state index in [2.05, 4.69) is 10.6 Å². The molecule has 0 unspecified atom stereocenters. The van der Waals surface area contributed by atoms with Crippen molar-refractivity contribution in [2.75, 3.05) is 19.7 Å². The SMILES string of the molecule is CCCNC(=O)NCCOc1cc(C)c(Cl)c(C)c1. The summed E-state index contributed by atoms with van der Waals surface area (Å²) in [7, 11) is 0. The van der Waals surface area contributed by atoms with Crippen LogP contribution in [-0.2, 0) is 0 Å². The van der Waals surface area contributed by atoms with Gasteiger partial charge in [-0.3, -0.25) is 0 Å². The van der Waals surface area contributed by atoms with E-state index < -0.39 is 0 Å². The highest BCUT2D eigenvalue weighted by atomic mass is 35.5. The van der Waals surface area contributed by atoms with Crippen molar-refractivity contribution in [2.45, 2.75) is 27.2 Å². The van der Waals surface area contributed by atoms with Crippen LogP contribution in [0.25, 0.3) is 0 Å². The maximum atomic E-state index is 11.3. The molecule has 0 bridgehead atoms. The first-order valence-corrected chi connectivity index (χ1v) is 6.83. The zero-order chi connectivity index (χ0) is 14.3. The number of urea groups is 1. The third-order valence-electron chi connectivity index (χ3n) is 2.60. The maximum Gasteiger partial charge on any atom is 0.314 e. The van der Waals surface area contributed by atoms with Crippen LogP contribution in [0.2, 0.25) is 5.02 Å². The van der Waals surface area contributed by atoms with Crippen LogP contribution in [0, 0.1) is 13.8 Å². The number of hydrogen-bond acceptors (Lipinski definition) is 2. The Balaban J connectivity index is 2.32. The summed E-state index contributed by atoms with van der Waals surface area (Å²) in [6, 6.07) is 3.63. The molecule has 0 spiro atoms. The van der Waals surface area contributed by atoms with Crippen LogP contribution < -0.4 is 15.4 Å². The molecule has 0 heterocycles. The molecular formula is C14H21ClN2O2. The summed E-state index contributed by atoms with van der Waals surface area (Å²) < 4.78 is 5.58. The second-order valence-corrected chi connectivity index (χ2v) is 4.78. The van der Waals surface area contributed by atoms with Gasteiger partial charge in [-0.15, -0.1) is 0 Å². The number of carbonyl (C=O) groups is 1. The number of halogens is 1. The average Bonchev–Trinajstić information content (AvgIpc) is 2.38. The number of carbonyl (C=O) groups excluding carboxylic acids is 1. The van der Waals surface area contributed by atoms with E-state index in [4.69, 9.17) is 16.3 Å². The third-order valence-corrected chi connectivity index (χ3v) is 3.20. The summed E-state index contributed by atoms with van der Waals surface area (Å²) >= 11 is 6.08. The number of nitrogens with one attached hydrogen (secondary N) is 2. The van der Waals surface area contributed by atoms with Gasteiger partial charge in [0.1, 0.15) is 12.4 Å². The Hall–Kier alpha value is -1.42. The smallest absolute Gasteiger partial charge is 0.314 e. The summed E-state index contributed by atoms with van der Waals surface area (Å²) in [5.74, 6) is 0.773. The van der Waals surface area contributed by atoms with Crippen molar-refractivity contribution in [3.8, 4) is 5.75 Å². The molecule has 4 nitrogen and oxygen atoms in total. The second kappa shape index (κ2) is 7.89. The highest BCUT2D eigenvalue weighted by Gasteiger charge is 2.04. The summed E-state index contributed by atoms with van der Waals surface area (Å²) in [6.45, 7) is 7.48. The molecule has 1 rings (SSSR count). The van der Waals surface area contributed by atoms with Gasteiger partial charge in [-0.05, 0) is 43.5 Å². The number of aryl methyl sites for hydroxylation is 2. The van der Waals surface area contributed by atoms with E-state index in [1.165, 1.54) is 0 Å². The van der Waals surface area contributed by atoms with Crippen LogP contribution in [0.15, 0.2) is 12.1 Å². The zero-order valence-corrected chi connectivity index (χ0v) is 12.4. The molecule has 1 aromatic rings. The van der Waals surface area contributed by atoms with Crippen molar-refractivity contribution < 1.29 is 9.53 Å². The van der Waals surface area contributed by atoms with Gasteiger partial charge in [0.25, 0.3) is 0 Å². The van der Waals surface area contributed by atoms with Crippen molar-refractivity contribution >= 4 is 17.6 Å². The van der Waals surface area contributed by atoms with Gasteiger partial charge in [0.2, 0.25) is 0 Å². The van der Waals surface area contributed by atoms with Crippen molar-refractivity contribution in [3.05, 3.63) is 28.3 Å². The molecule has 0 fully saturated rings. The normalized spacial score (nSPS) is 10.1. The molecule has 19 heavy (non-hydrogen) atoms. The fraction of sp³-hybridized carbons (Fsp3) is 0.500. The predicted molar refractivity (Wildman–Crippen MR) is 78.1 cm³/mol. The van der Waals surface area contributed by atoms with Crippen molar-refractivity contribution in [3.63, 3.8) is 0 Å². The van der Waals surface area contributed by atoms with Crippen LogP contribution in [0.3, 0.4) is 0 Å². The first kappa shape index (κ1) is 15.6. The van der Waals surface area contributed by atoms with Crippen LogP contribution in [0.5, 0.6) is 5.75 Å². The van der Waals surface area contributed by atoms with Crippen LogP contribution in [-0.4, -0.2) is 25.7 Å². The topological polar surface area (TPSA) is 50.4 Å². The van der Waals surface area contributed by atoms with Crippen LogP contribution in [0.4, 0.5) is 4.79 Å². The molecule has 2 amide bonds. The fourth-order valence-electron chi connectivity index (χ4n) is 1.62. The van der Waals surface area contributed by atoms with Gasteiger partial charge >= 0.3 is 6.03 Å². The lowest BCUT2D eigenvalue weighted by Gasteiger charge is -2.11. The molecule has 0 radical (unpaired) electrons.